The van der Waals surface area contributed by atoms with Crippen LogP contribution in [-0.4, -0.2) is 23.0 Å². The van der Waals surface area contributed by atoms with Crippen molar-refractivity contribution in [2.75, 3.05) is 7.11 Å². The van der Waals surface area contributed by atoms with Crippen LogP contribution in [0, 0.1) is 5.92 Å². The molecule has 0 aliphatic heterocycles. The molecule has 0 saturated heterocycles. The molecule has 120 valence electrons. The summed E-state index contributed by atoms with van der Waals surface area (Å²) in [6.07, 6.45) is 1.86. The van der Waals surface area contributed by atoms with Gasteiger partial charge in [-0.15, -0.1) is 0 Å². The van der Waals surface area contributed by atoms with Crippen LogP contribution in [0.15, 0.2) is 35.5 Å². The topological polar surface area (TPSA) is 47.4 Å². The van der Waals surface area contributed by atoms with Crippen LogP contribution in [0.25, 0.3) is 11.3 Å². The van der Waals surface area contributed by atoms with Crippen molar-refractivity contribution < 1.29 is 4.84 Å². The third kappa shape index (κ3) is 3.26. The second-order valence-corrected chi connectivity index (χ2v) is 6.60. The van der Waals surface area contributed by atoms with E-state index in [1.807, 2.05) is 0 Å². The fourth-order valence-electron chi connectivity index (χ4n) is 3.04. The van der Waals surface area contributed by atoms with Crippen LogP contribution in [0.5, 0.6) is 0 Å². The van der Waals surface area contributed by atoms with Gasteiger partial charge in [-0.3, -0.25) is 0 Å². The molecule has 3 rings (SSSR count). The van der Waals surface area contributed by atoms with Crippen molar-refractivity contribution in [3.8, 4) is 11.3 Å². The molecule has 0 N–H and O–H groups in total. The zero-order valence-corrected chi connectivity index (χ0v) is 14.2. The normalized spacial score (nSPS) is 19.0. The maximum absolute atomic E-state index is 5.01. The van der Waals surface area contributed by atoms with Crippen molar-refractivity contribution in [3.63, 3.8) is 0 Å². The summed E-state index contributed by atoms with van der Waals surface area (Å²) in [6.45, 7) is 6.60. The van der Waals surface area contributed by atoms with Gasteiger partial charge in [0.25, 0.3) is 0 Å². The number of hydrogen-bond acceptors (Lipinski definition) is 4. The Kier molecular flexibility index (Phi) is 4.42. The van der Waals surface area contributed by atoms with E-state index in [1.165, 1.54) is 5.56 Å². The van der Waals surface area contributed by atoms with Gasteiger partial charge in [-0.05, 0) is 36.3 Å². The van der Waals surface area contributed by atoms with Crippen molar-refractivity contribution in [2.24, 2.45) is 11.1 Å². The standard InChI is InChI=1S/C19H23N3O/c1-12(2)14-5-7-15(8-6-14)17-11-16-18(21-20-17)9-13(3)10-19(16)22-23-4/h5-8,11-13H,9-10H2,1-4H3/b22-19-. The van der Waals surface area contributed by atoms with E-state index >= 15 is 0 Å². The second-order valence-electron chi connectivity index (χ2n) is 6.60. The number of aromatic nitrogens is 2. The van der Waals surface area contributed by atoms with Gasteiger partial charge in [0.15, 0.2) is 0 Å². The van der Waals surface area contributed by atoms with Crippen molar-refractivity contribution in [1.82, 2.24) is 10.2 Å². The molecular formula is C19H23N3O. The van der Waals surface area contributed by atoms with E-state index in [2.05, 4.69) is 66.5 Å². The monoisotopic (exact) mass is 309 g/mol. The van der Waals surface area contributed by atoms with Gasteiger partial charge in [-0.2, -0.15) is 10.2 Å². The minimum absolute atomic E-state index is 0.516. The van der Waals surface area contributed by atoms with Gasteiger partial charge in [0.1, 0.15) is 7.11 Å². The number of fused-ring (bicyclic) bond motifs is 1. The lowest BCUT2D eigenvalue weighted by molar-refractivity contribution is 0.212. The van der Waals surface area contributed by atoms with Crippen molar-refractivity contribution in [3.05, 3.63) is 47.2 Å². The lowest BCUT2D eigenvalue weighted by atomic mass is 9.86. The first-order valence-electron chi connectivity index (χ1n) is 8.15. The molecule has 1 atom stereocenters. The number of benzene rings is 1. The van der Waals surface area contributed by atoms with Gasteiger partial charge in [-0.1, -0.05) is 50.2 Å². The average Bonchev–Trinajstić information content (AvgIpc) is 2.55. The minimum Gasteiger partial charge on any atom is -0.399 e. The van der Waals surface area contributed by atoms with Crippen LogP contribution < -0.4 is 0 Å². The van der Waals surface area contributed by atoms with Gasteiger partial charge >= 0.3 is 0 Å². The van der Waals surface area contributed by atoms with E-state index in [0.717, 1.165) is 41.1 Å². The molecule has 0 saturated carbocycles. The Morgan fingerprint density at radius 3 is 2.52 bits per heavy atom. The molecule has 0 bridgehead atoms. The summed E-state index contributed by atoms with van der Waals surface area (Å²) in [5.74, 6) is 1.04. The summed E-state index contributed by atoms with van der Waals surface area (Å²) >= 11 is 0. The van der Waals surface area contributed by atoms with Gasteiger partial charge in [0.2, 0.25) is 0 Å². The summed E-state index contributed by atoms with van der Waals surface area (Å²) in [5.41, 5.74) is 6.36. The Morgan fingerprint density at radius 1 is 1.13 bits per heavy atom. The SMILES string of the molecule is CO/N=C1/CC(C)Cc2nnc(-c3ccc(C(C)C)cc3)cc21. The highest BCUT2D eigenvalue weighted by molar-refractivity contribution is 6.02. The van der Waals surface area contributed by atoms with E-state index in [0.29, 0.717) is 11.8 Å². The van der Waals surface area contributed by atoms with Crippen LogP contribution in [0.1, 0.15) is 49.9 Å². The Bertz CT molecular complexity index is 720. The number of hydrogen-bond donors (Lipinski definition) is 0. The highest BCUT2D eigenvalue weighted by atomic mass is 16.6. The Morgan fingerprint density at radius 2 is 1.87 bits per heavy atom. The summed E-state index contributed by atoms with van der Waals surface area (Å²) < 4.78 is 0. The number of nitrogens with zero attached hydrogens (tertiary/aromatic N) is 3. The Hall–Kier alpha value is -2.23. The van der Waals surface area contributed by atoms with E-state index in [1.54, 1.807) is 7.11 Å². The maximum atomic E-state index is 5.01. The quantitative estimate of drug-likeness (QED) is 0.798. The predicted octanol–water partition coefficient (Wildman–Crippen LogP) is 4.20. The highest BCUT2D eigenvalue weighted by Gasteiger charge is 2.24. The zero-order valence-electron chi connectivity index (χ0n) is 14.2. The lowest BCUT2D eigenvalue weighted by Gasteiger charge is -2.21. The van der Waals surface area contributed by atoms with Crippen LogP contribution in [-0.2, 0) is 11.3 Å². The van der Waals surface area contributed by atoms with E-state index < -0.39 is 0 Å². The van der Waals surface area contributed by atoms with Crippen LogP contribution in [0.4, 0.5) is 0 Å². The highest BCUT2D eigenvalue weighted by Crippen LogP contribution is 2.28. The first kappa shape index (κ1) is 15.7. The molecule has 0 radical (unpaired) electrons. The minimum atomic E-state index is 0.516. The Balaban J connectivity index is 1.99. The van der Waals surface area contributed by atoms with Gasteiger partial charge in [0.05, 0.1) is 17.1 Å². The fraction of sp³-hybridized carbons (Fsp3) is 0.421. The van der Waals surface area contributed by atoms with Gasteiger partial charge < -0.3 is 4.84 Å². The Labute approximate surface area is 137 Å². The first-order valence-corrected chi connectivity index (χ1v) is 8.15. The summed E-state index contributed by atoms with van der Waals surface area (Å²) in [5, 5.41) is 13.1. The molecule has 1 aliphatic rings. The number of oxime groups is 1. The molecule has 0 spiro atoms. The molecule has 0 fully saturated rings. The second kappa shape index (κ2) is 6.49. The summed E-state index contributed by atoms with van der Waals surface area (Å²) in [4.78, 5) is 5.01. The van der Waals surface area contributed by atoms with Crippen molar-refractivity contribution >= 4 is 5.71 Å². The molecule has 1 aromatic carbocycles. The lowest BCUT2D eigenvalue weighted by Crippen LogP contribution is -2.21. The maximum Gasteiger partial charge on any atom is 0.106 e. The molecule has 2 aromatic rings. The van der Waals surface area contributed by atoms with Crippen LogP contribution >= 0.6 is 0 Å². The van der Waals surface area contributed by atoms with Crippen molar-refractivity contribution in [1.29, 1.82) is 0 Å². The summed E-state index contributed by atoms with van der Waals surface area (Å²) in [6, 6.07) is 10.6. The van der Waals surface area contributed by atoms with E-state index in [9.17, 15) is 0 Å². The largest absolute Gasteiger partial charge is 0.399 e. The molecule has 23 heavy (non-hydrogen) atoms. The smallest absolute Gasteiger partial charge is 0.106 e. The van der Waals surface area contributed by atoms with Crippen LogP contribution in [0.3, 0.4) is 0 Å². The molecule has 0 amide bonds. The van der Waals surface area contributed by atoms with Gasteiger partial charge in [0, 0.05) is 11.1 Å². The first-order chi connectivity index (χ1) is 11.1. The van der Waals surface area contributed by atoms with Gasteiger partial charge in [-0.25, -0.2) is 0 Å². The summed E-state index contributed by atoms with van der Waals surface area (Å²) in [7, 11) is 1.59. The van der Waals surface area contributed by atoms with Crippen LogP contribution in [0.2, 0.25) is 0 Å². The average molecular weight is 309 g/mol. The molecule has 1 aliphatic carbocycles. The van der Waals surface area contributed by atoms with Crippen molar-refractivity contribution in [2.45, 2.75) is 39.5 Å². The predicted molar refractivity (Wildman–Crippen MR) is 92.6 cm³/mol. The zero-order chi connectivity index (χ0) is 16.4. The van der Waals surface area contributed by atoms with E-state index in [-0.39, 0.29) is 0 Å². The molecule has 1 heterocycles. The number of rotatable bonds is 3. The molecule has 4 heteroatoms. The molecule has 4 nitrogen and oxygen atoms in total. The fourth-order valence-corrected chi connectivity index (χ4v) is 3.04. The van der Waals surface area contributed by atoms with E-state index in [4.69, 9.17) is 4.84 Å². The third-order valence-electron chi connectivity index (χ3n) is 4.34. The molecule has 1 aromatic heterocycles. The molecular weight excluding hydrogens is 286 g/mol. The molecule has 1 unspecified atom stereocenters. The third-order valence-corrected chi connectivity index (χ3v) is 4.34.